The minimum absolute atomic E-state index is 0.971. The van der Waals surface area contributed by atoms with Crippen LogP contribution in [-0.2, 0) is 12.8 Å². The van der Waals surface area contributed by atoms with Crippen LogP contribution in [0.25, 0.3) is 0 Å². The molecule has 0 bridgehead atoms. The molecule has 0 saturated heterocycles. The molecule has 15 heavy (non-hydrogen) atoms. The highest BCUT2D eigenvalue weighted by atomic mass is 32.1. The van der Waals surface area contributed by atoms with Crippen molar-refractivity contribution in [3.63, 3.8) is 0 Å². The quantitative estimate of drug-likeness (QED) is 0.776. The third kappa shape index (κ3) is 2.83. The van der Waals surface area contributed by atoms with Crippen molar-refractivity contribution in [2.45, 2.75) is 17.7 Å². The van der Waals surface area contributed by atoms with Gasteiger partial charge >= 0.3 is 0 Å². The maximum absolute atomic E-state index is 4.42. The number of hydrogen-bond acceptors (Lipinski definition) is 2. The van der Waals surface area contributed by atoms with E-state index in [1.807, 2.05) is 36.5 Å². The molecule has 0 aliphatic heterocycles. The van der Waals surface area contributed by atoms with Gasteiger partial charge in [0.1, 0.15) is 0 Å². The van der Waals surface area contributed by atoms with Crippen molar-refractivity contribution in [2.24, 2.45) is 0 Å². The minimum Gasteiger partial charge on any atom is -0.261 e. The molecular weight excluding hydrogens is 202 g/mol. The van der Waals surface area contributed by atoms with Gasteiger partial charge in [0.05, 0.1) is 0 Å². The SMILES string of the molecule is Sc1ccccc1CCc1ccccn1. The van der Waals surface area contributed by atoms with Crippen LogP contribution >= 0.6 is 12.6 Å². The maximum Gasteiger partial charge on any atom is 0.0406 e. The van der Waals surface area contributed by atoms with E-state index >= 15 is 0 Å². The zero-order chi connectivity index (χ0) is 10.5. The monoisotopic (exact) mass is 215 g/mol. The first-order valence-corrected chi connectivity index (χ1v) is 5.48. The van der Waals surface area contributed by atoms with Gasteiger partial charge in [0.15, 0.2) is 0 Å². The Morgan fingerprint density at radius 2 is 1.73 bits per heavy atom. The van der Waals surface area contributed by atoms with Crippen molar-refractivity contribution in [1.29, 1.82) is 0 Å². The standard InChI is InChI=1S/C13H13NS/c15-13-7-2-1-5-11(13)8-9-12-6-3-4-10-14-12/h1-7,10,15H,8-9H2. The van der Waals surface area contributed by atoms with Crippen LogP contribution in [0.1, 0.15) is 11.3 Å². The van der Waals surface area contributed by atoms with Gasteiger partial charge in [-0.25, -0.2) is 0 Å². The van der Waals surface area contributed by atoms with Crippen LogP contribution in [-0.4, -0.2) is 4.98 Å². The van der Waals surface area contributed by atoms with E-state index in [2.05, 4.69) is 29.7 Å². The van der Waals surface area contributed by atoms with Gasteiger partial charge in [0, 0.05) is 16.8 Å². The summed E-state index contributed by atoms with van der Waals surface area (Å²) in [5.41, 5.74) is 2.42. The van der Waals surface area contributed by atoms with Crippen LogP contribution in [0, 0.1) is 0 Å². The van der Waals surface area contributed by atoms with Crippen LogP contribution in [0.5, 0.6) is 0 Å². The molecule has 1 aromatic carbocycles. The Labute approximate surface area is 95.6 Å². The normalized spacial score (nSPS) is 10.2. The third-order valence-electron chi connectivity index (χ3n) is 2.37. The fraction of sp³-hybridized carbons (Fsp3) is 0.154. The highest BCUT2D eigenvalue weighted by molar-refractivity contribution is 7.80. The van der Waals surface area contributed by atoms with Crippen molar-refractivity contribution in [2.75, 3.05) is 0 Å². The number of pyridine rings is 1. The van der Waals surface area contributed by atoms with Crippen LogP contribution < -0.4 is 0 Å². The number of thiol groups is 1. The fourth-order valence-corrected chi connectivity index (χ4v) is 1.80. The lowest BCUT2D eigenvalue weighted by atomic mass is 10.1. The van der Waals surface area contributed by atoms with E-state index in [1.54, 1.807) is 0 Å². The van der Waals surface area contributed by atoms with Gasteiger partial charge in [-0.15, -0.1) is 12.6 Å². The number of rotatable bonds is 3. The Balaban J connectivity index is 2.03. The molecule has 2 rings (SSSR count). The molecule has 0 fully saturated rings. The van der Waals surface area contributed by atoms with Crippen molar-refractivity contribution in [3.8, 4) is 0 Å². The molecule has 2 aromatic rings. The Morgan fingerprint density at radius 3 is 2.47 bits per heavy atom. The summed E-state index contributed by atoms with van der Waals surface area (Å²) in [7, 11) is 0. The molecule has 0 aliphatic carbocycles. The summed E-state index contributed by atoms with van der Waals surface area (Å²) in [6.07, 6.45) is 3.80. The molecule has 0 spiro atoms. The van der Waals surface area contributed by atoms with E-state index in [1.165, 1.54) is 5.56 Å². The van der Waals surface area contributed by atoms with Crippen molar-refractivity contribution >= 4 is 12.6 Å². The van der Waals surface area contributed by atoms with Gasteiger partial charge in [-0.1, -0.05) is 24.3 Å². The second kappa shape index (κ2) is 4.99. The largest absolute Gasteiger partial charge is 0.261 e. The summed E-state index contributed by atoms with van der Waals surface area (Å²) < 4.78 is 0. The van der Waals surface area contributed by atoms with E-state index < -0.39 is 0 Å². The van der Waals surface area contributed by atoms with Crippen LogP contribution in [0.4, 0.5) is 0 Å². The lowest BCUT2D eigenvalue weighted by Gasteiger charge is -2.03. The molecule has 0 N–H and O–H groups in total. The minimum atomic E-state index is 0.971. The Kier molecular flexibility index (Phi) is 3.41. The number of nitrogens with zero attached hydrogens (tertiary/aromatic N) is 1. The molecule has 0 amide bonds. The van der Waals surface area contributed by atoms with Gasteiger partial charge < -0.3 is 0 Å². The Hall–Kier alpha value is -1.28. The summed E-state index contributed by atoms with van der Waals surface area (Å²) in [4.78, 5) is 5.36. The summed E-state index contributed by atoms with van der Waals surface area (Å²) in [5.74, 6) is 0. The summed E-state index contributed by atoms with van der Waals surface area (Å²) in [5, 5.41) is 0. The molecule has 2 heteroatoms. The molecule has 1 heterocycles. The molecule has 0 atom stereocenters. The highest BCUT2D eigenvalue weighted by Gasteiger charge is 1.99. The summed E-state index contributed by atoms with van der Waals surface area (Å²) in [6, 6.07) is 14.2. The van der Waals surface area contributed by atoms with Gasteiger partial charge in [-0.3, -0.25) is 4.98 Å². The molecule has 1 nitrogen and oxygen atoms in total. The van der Waals surface area contributed by atoms with Gasteiger partial charge in [-0.2, -0.15) is 0 Å². The first-order chi connectivity index (χ1) is 7.36. The van der Waals surface area contributed by atoms with Crippen LogP contribution in [0.15, 0.2) is 53.6 Å². The first-order valence-electron chi connectivity index (χ1n) is 5.03. The van der Waals surface area contributed by atoms with E-state index in [-0.39, 0.29) is 0 Å². The van der Waals surface area contributed by atoms with E-state index in [4.69, 9.17) is 0 Å². The van der Waals surface area contributed by atoms with E-state index in [9.17, 15) is 0 Å². The number of aryl methyl sites for hydroxylation is 2. The van der Waals surface area contributed by atoms with Gasteiger partial charge in [0.25, 0.3) is 0 Å². The Morgan fingerprint density at radius 1 is 0.933 bits per heavy atom. The zero-order valence-electron chi connectivity index (χ0n) is 8.43. The lowest BCUT2D eigenvalue weighted by molar-refractivity contribution is 0.897. The maximum atomic E-state index is 4.42. The third-order valence-corrected chi connectivity index (χ3v) is 2.80. The first kappa shape index (κ1) is 10.2. The topological polar surface area (TPSA) is 12.9 Å². The van der Waals surface area contributed by atoms with Gasteiger partial charge in [0.2, 0.25) is 0 Å². The molecule has 1 aromatic heterocycles. The Bertz CT molecular complexity index is 426. The summed E-state index contributed by atoms with van der Waals surface area (Å²) >= 11 is 4.42. The fourth-order valence-electron chi connectivity index (χ4n) is 1.53. The van der Waals surface area contributed by atoms with Crippen molar-refractivity contribution in [1.82, 2.24) is 4.98 Å². The summed E-state index contributed by atoms with van der Waals surface area (Å²) in [6.45, 7) is 0. The zero-order valence-corrected chi connectivity index (χ0v) is 9.32. The second-order valence-corrected chi connectivity index (χ2v) is 3.93. The highest BCUT2D eigenvalue weighted by Crippen LogP contribution is 2.14. The molecule has 0 saturated carbocycles. The molecule has 0 radical (unpaired) electrons. The number of benzene rings is 1. The predicted molar refractivity (Wildman–Crippen MR) is 65.3 cm³/mol. The second-order valence-electron chi connectivity index (χ2n) is 3.45. The average molecular weight is 215 g/mol. The van der Waals surface area contributed by atoms with Crippen LogP contribution in [0.2, 0.25) is 0 Å². The van der Waals surface area contributed by atoms with E-state index in [0.717, 1.165) is 23.4 Å². The number of hydrogen-bond donors (Lipinski definition) is 1. The van der Waals surface area contributed by atoms with E-state index in [0.29, 0.717) is 0 Å². The lowest BCUT2D eigenvalue weighted by Crippen LogP contribution is -1.94. The predicted octanol–water partition coefficient (Wildman–Crippen LogP) is 3.16. The molecular formula is C13H13NS. The van der Waals surface area contributed by atoms with Crippen molar-refractivity contribution < 1.29 is 0 Å². The molecule has 0 unspecified atom stereocenters. The van der Waals surface area contributed by atoms with Gasteiger partial charge in [-0.05, 0) is 36.6 Å². The molecule has 0 aliphatic rings. The average Bonchev–Trinajstić information content (AvgIpc) is 2.29. The smallest absolute Gasteiger partial charge is 0.0406 e. The number of aromatic nitrogens is 1. The van der Waals surface area contributed by atoms with Crippen LogP contribution in [0.3, 0.4) is 0 Å². The molecule has 76 valence electrons. The van der Waals surface area contributed by atoms with Crippen molar-refractivity contribution in [3.05, 3.63) is 59.9 Å².